The largest absolute Gasteiger partial charge is 0.482 e. The van der Waals surface area contributed by atoms with Crippen molar-refractivity contribution in [1.82, 2.24) is 4.57 Å². The Bertz CT molecular complexity index is 1140. The Balaban J connectivity index is 1.63. The number of aryl methyl sites for hydroxylation is 1. The molecule has 0 aliphatic carbocycles. The van der Waals surface area contributed by atoms with E-state index in [-0.39, 0.29) is 24.2 Å². The minimum absolute atomic E-state index is 0.00126. The van der Waals surface area contributed by atoms with Crippen molar-refractivity contribution in [2.45, 2.75) is 13.8 Å². The Hall–Kier alpha value is -3.61. The fraction of sp³-hybridized carbons (Fsp3) is 0.182. The first kappa shape index (κ1) is 18.7. The van der Waals surface area contributed by atoms with Crippen LogP contribution in [-0.2, 0) is 4.79 Å². The van der Waals surface area contributed by atoms with Gasteiger partial charge in [-0.05, 0) is 56.3 Å². The topological polar surface area (TPSA) is 63.6 Å². The summed E-state index contributed by atoms with van der Waals surface area (Å²) in [6.07, 6.45) is 0. The zero-order valence-electron chi connectivity index (χ0n) is 16.3. The molecule has 6 nitrogen and oxygen atoms in total. The Morgan fingerprint density at radius 2 is 1.93 bits per heavy atom. The average molecular weight is 393 g/mol. The number of halogens is 1. The van der Waals surface area contributed by atoms with Crippen molar-refractivity contribution in [3.8, 4) is 11.4 Å². The number of fused-ring (bicyclic) bond motifs is 1. The van der Waals surface area contributed by atoms with Gasteiger partial charge in [0.05, 0.1) is 11.3 Å². The van der Waals surface area contributed by atoms with Gasteiger partial charge in [-0.1, -0.05) is 6.07 Å². The number of carbonyl (C=O) groups is 2. The summed E-state index contributed by atoms with van der Waals surface area (Å²) in [6.45, 7) is 3.69. The molecule has 2 amide bonds. The van der Waals surface area contributed by atoms with E-state index in [4.69, 9.17) is 4.74 Å². The molecule has 3 aromatic rings. The number of aromatic nitrogens is 1. The average Bonchev–Trinajstić information content (AvgIpc) is 2.99. The molecule has 0 bridgehead atoms. The lowest BCUT2D eigenvalue weighted by Crippen LogP contribution is -2.35. The molecule has 1 aliphatic rings. The summed E-state index contributed by atoms with van der Waals surface area (Å²) in [6, 6.07) is 13.2. The van der Waals surface area contributed by atoms with E-state index in [0.717, 1.165) is 5.69 Å². The number of hydrogen-bond donors (Lipinski definition) is 1. The molecule has 0 atom stereocenters. The van der Waals surface area contributed by atoms with Crippen molar-refractivity contribution in [3.05, 3.63) is 71.3 Å². The molecule has 0 unspecified atom stereocenters. The van der Waals surface area contributed by atoms with Crippen LogP contribution in [0.25, 0.3) is 5.69 Å². The zero-order chi connectivity index (χ0) is 20.7. The predicted octanol–water partition coefficient (Wildman–Crippen LogP) is 3.84. The summed E-state index contributed by atoms with van der Waals surface area (Å²) in [5, 5.41) is 2.87. The van der Waals surface area contributed by atoms with Crippen molar-refractivity contribution >= 4 is 23.2 Å². The van der Waals surface area contributed by atoms with Gasteiger partial charge >= 0.3 is 0 Å². The van der Waals surface area contributed by atoms with Gasteiger partial charge in [0.2, 0.25) is 0 Å². The fourth-order valence-electron chi connectivity index (χ4n) is 3.55. The lowest BCUT2D eigenvalue weighted by atomic mass is 10.2. The van der Waals surface area contributed by atoms with Crippen LogP contribution >= 0.6 is 0 Å². The van der Waals surface area contributed by atoms with Gasteiger partial charge in [0.25, 0.3) is 11.8 Å². The Kier molecular flexibility index (Phi) is 4.58. The fourth-order valence-corrected chi connectivity index (χ4v) is 3.55. The maximum Gasteiger partial charge on any atom is 0.264 e. The number of hydrogen-bond acceptors (Lipinski definition) is 3. The van der Waals surface area contributed by atoms with E-state index in [9.17, 15) is 14.0 Å². The lowest BCUT2D eigenvalue weighted by molar-refractivity contribution is -0.120. The van der Waals surface area contributed by atoms with E-state index in [0.29, 0.717) is 34.1 Å². The lowest BCUT2D eigenvalue weighted by Gasteiger charge is -2.26. The quantitative estimate of drug-likeness (QED) is 0.735. The van der Waals surface area contributed by atoms with E-state index >= 15 is 0 Å². The van der Waals surface area contributed by atoms with Gasteiger partial charge in [0.15, 0.2) is 6.61 Å². The molecule has 2 aromatic carbocycles. The summed E-state index contributed by atoms with van der Waals surface area (Å²) in [5.74, 6) is -0.184. The zero-order valence-corrected chi connectivity index (χ0v) is 16.3. The van der Waals surface area contributed by atoms with Crippen LogP contribution in [0.4, 0.5) is 15.8 Å². The van der Waals surface area contributed by atoms with Crippen molar-refractivity contribution < 1.29 is 18.7 Å². The number of nitrogens with one attached hydrogen (secondary N) is 1. The van der Waals surface area contributed by atoms with E-state index in [2.05, 4.69) is 5.32 Å². The number of carbonyl (C=O) groups excluding carboxylic acids is 2. The molecule has 0 radical (unpaired) electrons. The molecule has 1 aliphatic heterocycles. The molecular weight excluding hydrogens is 373 g/mol. The van der Waals surface area contributed by atoms with Crippen molar-refractivity contribution in [2.75, 3.05) is 23.9 Å². The van der Waals surface area contributed by atoms with Gasteiger partial charge in [-0.3, -0.25) is 9.59 Å². The molecule has 4 rings (SSSR count). The molecule has 29 heavy (non-hydrogen) atoms. The highest BCUT2D eigenvalue weighted by Crippen LogP contribution is 2.34. The molecule has 0 saturated carbocycles. The minimum atomic E-state index is -0.337. The number of anilines is 2. The van der Waals surface area contributed by atoms with E-state index < -0.39 is 0 Å². The molecular formula is C22H20FN3O3. The second-order valence-corrected chi connectivity index (χ2v) is 6.98. The number of rotatable bonds is 3. The second-order valence-electron chi connectivity index (χ2n) is 6.98. The molecule has 0 fully saturated rings. The van der Waals surface area contributed by atoms with Crippen LogP contribution in [0.1, 0.15) is 21.7 Å². The summed E-state index contributed by atoms with van der Waals surface area (Å²) in [5.41, 5.74) is 3.83. The van der Waals surface area contributed by atoms with Gasteiger partial charge in [-0.2, -0.15) is 0 Å². The first-order chi connectivity index (χ1) is 13.8. The smallest absolute Gasteiger partial charge is 0.264 e. The number of nitrogens with zero attached hydrogens (tertiary/aromatic N) is 2. The molecule has 1 aromatic heterocycles. The monoisotopic (exact) mass is 393 g/mol. The highest BCUT2D eigenvalue weighted by atomic mass is 19.1. The summed E-state index contributed by atoms with van der Waals surface area (Å²) in [7, 11) is 1.67. The number of benzene rings is 2. The van der Waals surface area contributed by atoms with E-state index in [1.807, 2.05) is 18.4 Å². The van der Waals surface area contributed by atoms with E-state index in [1.54, 1.807) is 43.4 Å². The van der Waals surface area contributed by atoms with Crippen molar-refractivity contribution in [3.63, 3.8) is 0 Å². The Labute approximate surface area is 167 Å². The van der Waals surface area contributed by atoms with Gasteiger partial charge in [0.1, 0.15) is 11.6 Å². The summed E-state index contributed by atoms with van der Waals surface area (Å²) < 4.78 is 20.9. The van der Waals surface area contributed by atoms with Gasteiger partial charge in [0, 0.05) is 29.8 Å². The van der Waals surface area contributed by atoms with Gasteiger partial charge < -0.3 is 19.5 Å². The normalized spacial score (nSPS) is 13.1. The predicted molar refractivity (Wildman–Crippen MR) is 109 cm³/mol. The number of ether oxygens (including phenoxy) is 1. The number of amides is 2. The summed E-state index contributed by atoms with van der Waals surface area (Å²) in [4.78, 5) is 26.2. The van der Waals surface area contributed by atoms with Crippen LogP contribution in [-0.4, -0.2) is 30.0 Å². The summed E-state index contributed by atoms with van der Waals surface area (Å²) >= 11 is 0. The van der Waals surface area contributed by atoms with Crippen LogP contribution in [0.2, 0.25) is 0 Å². The highest BCUT2D eigenvalue weighted by Gasteiger charge is 2.23. The molecule has 1 N–H and O–H groups in total. The van der Waals surface area contributed by atoms with Gasteiger partial charge in [-0.25, -0.2) is 4.39 Å². The molecule has 7 heteroatoms. The molecule has 148 valence electrons. The third-order valence-electron chi connectivity index (χ3n) is 5.05. The highest BCUT2D eigenvalue weighted by molar-refractivity contribution is 6.06. The molecule has 0 saturated heterocycles. The Morgan fingerprint density at radius 3 is 2.69 bits per heavy atom. The Morgan fingerprint density at radius 1 is 1.14 bits per heavy atom. The van der Waals surface area contributed by atoms with Crippen LogP contribution in [0.15, 0.2) is 48.5 Å². The minimum Gasteiger partial charge on any atom is -0.482 e. The molecule has 0 spiro atoms. The third-order valence-corrected chi connectivity index (χ3v) is 5.05. The maximum atomic E-state index is 13.6. The SMILES string of the molecule is Cc1cc(C(=O)Nc2ccc3c(c2)N(C)C(=O)CO3)c(C)n1-c1cccc(F)c1. The standard InChI is InChI=1S/C22H20FN3O3/c1-13-9-18(14(2)26(13)17-6-4-5-15(23)10-17)22(28)24-16-7-8-20-19(11-16)25(3)21(27)12-29-20/h4-11H,12H2,1-3H3,(H,24,28). The van der Waals surface area contributed by atoms with E-state index in [1.165, 1.54) is 17.0 Å². The van der Waals surface area contributed by atoms with Crippen LogP contribution in [0.5, 0.6) is 5.75 Å². The second kappa shape index (κ2) is 7.09. The van der Waals surface area contributed by atoms with Gasteiger partial charge in [-0.15, -0.1) is 0 Å². The van der Waals surface area contributed by atoms with Crippen LogP contribution in [0.3, 0.4) is 0 Å². The first-order valence-corrected chi connectivity index (χ1v) is 9.15. The van der Waals surface area contributed by atoms with Crippen molar-refractivity contribution in [2.24, 2.45) is 0 Å². The van der Waals surface area contributed by atoms with Crippen molar-refractivity contribution in [1.29, 1.82) is 0 Å². The van der Waals surface area contributed by atoms with Crippen LogP contribution in [0, 0.1) is 19.7 Å². The molecule has 2 heterocycles. The first-order valence-electron chi connectivity index (χ1n) is 9.15. The maximum absolute atomic E-state index is 13.6. The van der Waals surface area contributed by atoms with Crippen LogP contribution < -0.4 is 15.0 Å². The number of likely N-dealkylation sites (N-methyl/N-ethyl adjacent to an activating group) is 1. The third kappa shape index (κ3) is 3.35.